The Kier molecular flexibility index (Phi) is 5.99. The van der Waals surface area contributed by atoms with E-state index in [1.807, 2.05) is 67.3 Å². The van der Waals surface area contributed by atoms with Crippen molar-refractivity contribution in [3.05, 3.63) is 94.5 Å². The van der Waals surface area contributed by atoms with E-state index in [-0.39, 0.29) is 16.4 Å². The Morgan fingerprint density at radius 3 is 2.57 bits per heavy atom. The SMILES string of the molecule is Cn1c(C2(NC(=O)[N+]3(C)C(c4ccccn4)=C(C4CCCC4)c4ccccc43)CCC2)nc2ccc(-c3n[nH]c(=O)o3)cc21. The standard InChI is InChI=1S/C34H33N7O3/c1-40-26-20-22(30-38-39-33(43)44-30)15-16-24(26)36-31(40)34(17-9-18-34)37-32(42)41(2)27-14-6-5-12-23(27)28(21-10-3-4-11-21)29(41)25-13-7-8-19-35-25/h5-8,12-16,19-21H,3-4,9-11,17-18H2,1-2H3,(H-,37,39,42,43)/p+1. The Balaban J connectivity index is 1.23. The quantitative estimate of drug-likeness (QED) is 0.239. The van der Waals surface area contributed by atoms with Crippen LogP contribution >= 0.6 is 0 Å². The van der Waals surface area contributed by atoms with Crippen LogP contribution in [0.4, 0.5) is 10.5 Å². The Hall–Kier alpha value is -4.83. The first-order chi connectivity index (χ1) is 21.4. The molecule has 44 heavy (non-hydrogen) atoms. The van der Waals surface area contributed by atoms with E-state index in [2.05, 4.69) is 33.7 Å². The number of aryl methyl sites for hydroxylation is 1. The highest BCUT2D eigenvalue weighted by atomic mass is 16.4. The third-order valence-corrected chi connectivity index (χ3v) is 10.0. The number of urea groups is 1. The van der Waals surface area contributed by atoms with Gasteiger partial charge in [0.25, 0.3) is 0 Å². The van der Waals surface area contributed by atoms with Crippen LogP contribution in [-0.2, 0) is 12.6 Å². The number of fused-ring (bicyclic) bond motifs is 2. The lowest BCUT2D eigenvalue weighted by molar-refractivity contribution is 0.157. The normalized spacial score (nSPS) is 21.0. The number of H-pyrrole nitrogens is 1. The second-order valence-electron chi connectivity index (χ2n) is 12.5. The summed E-state index contributed by atoms with van der Waals surface area (Å²) in [6, 6.07) is 19.9. The van der Waals surface area contributed by atoms with Crippen molar-refractivity contribution in [1.29, 1.82) is 0 Å². The molecule has 1 unspecified atom stereocenters. The molecule has 8 rings (SSSR count). The summed E-state index contributed by atoms with van der Waals surface area (Å²) in [5, 5.41) is 9.84. The number of nitrogens with zero attached hydrogens (tertiary/aromatic N) is 5. The van der Waals surface area contributed by atoms with Crippen molar-refractivity contribution in [2.24, 2.45) is 13.0 Å². The molecule has 3 aliphatic rings. The van der Waals surface area contributed by atoms with Crippen molar-refractivity contribution < 1.29 is 9.21 Å². The molecular weight excluding hydrogens is 554 g/mol. The van der Waals surface area contributed by atoms with Crippen molar-refractivity contribution in [1.82, 2.24) is 34.5 Å². The molecule has 2 aliphatic carbocycles. The predicted molar refractivity (Wildman–Crippen MR) is 168 cm³/mol. The number of benzene rings is 2. The number of hydrogen-bond acceptors (Lipinski definition) is 6. The summed E-state index contributed by atoms with van der Waals surface area (Å²) in [6.07, 6.45) is 9.02. The number of rotatable bonds is 5. The molecule has 0 bridgehead atoms. The molecule has 3 aromatic heterocycles. The lowest BCUT2D eigenvalue weighted by Gasteiger charge is -2.43. The van der Waals surface area contributed by atoms with Crippen LogP contribution in [0.2, 0.25) is 0 Å². The van der Waals surface area contributed by atoms with E-state index in [1.165, 1.54) is 18.4 Å². The van der Waals surface area contributed by atoms with E-state index in [1.54, 1.807) is 0 Å². The molecular formula is C34H34N7O3+. The van der Waals surface area contributed by atoms with Gasteiger partial charge in [-0.05, 0) is 74.4 Å². The van der Waals surface area contributed by atoms with Crippen LogP contribution in [0.5, 0.6) is 0 Å². The first kappa shape index (κ1) is 26.8. The molecule has 0 spiro atoms. The first-order valence-corrected chi connectivity index (χ1v) is 15.4. The highest BCUT2D eigenvalue weighted by Gasteiger charge is 2.55. The molecule has 0 saturated heterocycles. The molecule has 10 nitrogen and oxygen atoms in total. The molecule has 2 aromatic carbocycles. The molecule has 2 amide bonds. The number of nitrogens with one attached hydrogen (secondary N) is 2. The van der Waals surface area contributed by atoms with Crippen LogP contribution in [0.15, 0.2) is 76.1 Å². The highest BCUT2D eigenvalue weighted by molar-refractivity contribution is 6.13. The van der Waals surface area contributed by atoms with Crippen LogP contribution in [0.25, 0.3) is 33.8 Å². The van der Waals surface area contributed by atoms with Gasteiger partial charge >= 0.3 is 11.8 Å². The molecule has 222 valence electrons. The zero-order chi connectivity index (χ0) is 30.1. The topological polar surface area (TPSA) is 119 Å². The Labute approximate surface area is 254 Å². The van der Waals surface area contributed by atoms with Crippen molar-refractivity contribution in [3.8, 4) is 11.5 Å². The fraction of sp³-hybridized carbons (Fsp3) is 0.324. The summed E-state index contributed by atoms with van der Waals surface area (Å²) in [4.78, 5) is 36.3. The number of amides is 2. The van der Waals surface area contributed by atoms with Crippen LogP contribution in [0.3, 0.4) is 0 Å². The number of aromatic amines is 1. The van der Waals surface area contributed by atoms with Gasteiger partial charge in [-0.1, -0.05) is 31.0 Å². The lowest BCUT2D eigenvalue weighted by atomic mass is 9.76. The lowest BCUT2D eigenvalue weighted by Crippen LogP contribution is -2.61. The molecule has 2 fully saturated rings. The van der Waals surface area contributed by atoms with Crippen molar-refractivity contribution in [3.63, 3.8) is 0 Å². The van der Waals surface area contributed by atoms with E-state index in [9.17, 15) is 9.59 Å². The maximum atomic E-state index is 14.9. The van der Waals surface area contributed by atoms with Gasteiger partial charge in [0.1, 0.15) is 17.1 Å². The molecule has 0 radical (unpaired) electrons. The Morgan fingerprint density at radius 2 is 1.86 bits per heavy atom. The number of carbonyl (C=O) groups is 1. The number of para-hydroxylation sites is 1. The molecule has 2 N–H and O–H groups in total. The third-order valence-electron chi connectivity index (χ3n) is 10.0. The van der Waals surface area contributed by atoms with E-state index in [0.717, 1.165) is 71.6 Å². The number of aromatic nitrogens is 5. The van der Waals surface area contributed by atoms with Gasteiger partial charge in [-0.2, -0.15) is 4.48 Å². The minimum atomic E-state index is -0.620. The largest absolute Gasteiger partial charge is 0.434 e. The fourth-order valence-electron chi connectivity index (χ4n) is 7.64. The number of quaternary nitrogens is 1. The summed E-state index contributed by atoms with van der Waals surface area (Å²) in [7, 11) is 3.99. The predicted octanol–water partition coefficient (Wildman–Crippen LogP) is 6.11. The molecule has 4 heterocycles. The molecule has 10 heteroatoms. The minimum Gasteiger partial charge on any atom is -0.388 e. The number of carbonyl (C=O) groups excluding carboxylic acids is 1. The number of imidazole rings is 1. The summed E-state index contributed by atoms with van der Waals surface area (Å²) < 4.78 is 7.23. The summed E-state index contributed by atoms with van der Waals surface area (Å²) in [6.45, 7) is 0. The fourth-order valence-corrected chi connectivity index (χ4v) is 7.64. The third kappa shape index (κ3) is 3.86. The van der Waals surface area contributed by atoms with Gasteiger partial charge in [-0.3, -0.25) is 10.3 Å². The van der Waals surface area contributed by atoms with E-state index >= 15 is 0 Å². The smallest absolute Gasteiger partial charge is 0.388 e. The van der Waals surface area contributed by atoms with Crippen molar-refractivity contribution in [2.45, 2.75) is 50.5 Å². The van der Waals surface area contributed by atoms with Crippen LogP contribution in [-0.4, -0.2) is 37.8 Å². The van der Waals surface area contributed by atoms with Gasteiger partial charge in [-0.25, -0.2) is 19.7 Å². The van der Waals surface area contributed by atoms with Crippen LogP contribution < -0.4 is 15.6 Å². The van der Waals surface area contributed by atoms with E-state index in [0.29, 0.717) is 11.5 Å². The second-order valence-corrected chi connectivity index (χ2v) is 12.5. The van der Waals surface area contributed by atoms with Gasteiger partial charge in [0.05, 0.1) is 18.1 Å². The summed E-state index contributed by atoms with van der Waals surface area (Å²) >= 11 is 0. The average molecular weight is 589 g/mol. The highest BCUT2D eigenvalue weighted by Crippen LogP contribution is 2.54. The molecule has 2 saturated carbocycles. The number of hydrogen-bond donors (Lipinski definition) is 2. The van der Waals surface area contributed by atoms with Crippen LogP contribution in [0.1, 0.15) is 62.0 Å². The average Bonchev–Trinajstić information content (AvgIpc) is 3.82. The van der Waals surface area contributed by atoms with Gasteiger partial charge in [0, 0.05) is 36.0 Å². The molecule has 1 atom stereocenters. The number of allylic oxidation sites excluding steroid dienone is 1. The van der Waals surface area contributed by atoms with Gasteiger partial charge in [-0.15, -0.1) is 5.10 Å². The second kappa shape index (κ2) is 9.85. The Morgan fingerprint density at radius 1 is 1.07 bits per heavy atom. The summed E-state index contributed by atoms with van der Waals surface area (Å²) in [5.41, 5.74) is 6.93. The Bertz CT molecular complexity index is 2010. The molecule has 5 aromatic rings. The zero-order valence-electron chi connectivity index (χ0n) is 24.8. The van der Waals surface area contributed by atoms with Gasteiger partial charge < -0.3 is 8.98 Å². The number of pyridine rings is 1. The van der Waals surface area contributed by atoms with Crippen LogP contribution in [0, 0.1) is 5.92 Å². The van der Waals surface area contributed by atoms with Crippen molar-refractivity contribution >= 4 is 34.0 Å². The maximum absolute atomic E-state index is 14.9. The van der Waals surface area contributed by atoms with Gasteiger partial charge in [0.2, 0.25) is 5.89 Å². The minimum absolute atomic E-state index is 0.00700. The monoisotopic (exact) mass is 588 g/mol. The first-order valence-electron chi connectivity index (χ1n) is 15.4. The summed E-state index contributed by atoms with van der Waals surface area (Å²) in [5.74, 6) is 0.832. The van der Waals surface area contributed by atoms with Crippen molar-refractivity contribution in [2.75, 3.05) is 7.05 Å². The maximum Gasteiger partial charge on any atom is 0.434 e. The molecule has 1 aliphatic heterocycles. The van der Waals surface area contributed by atoms with E-state index < -0.39 is 11.3 Å². The van der Waals surface area contributed by atoms with E-state index in [4.69, 9.17) is 14.4 Å². The zero-order valence-corrected chi connectivity index (χ0v) is 24.8. The van der Waals surface area contributed by atoms with Gasteiger partial charge in [0.15, 0.2) is 11.4 Å².